The van der Waals surface area contributed by atoms with Crippen molar-refractivity contribution < 1.29 is 19.1 Å². The molecule has 0 fully saturated rings. The van der Waals surface area contributed by atoms with Crippen LogP contribution in [0.3, 0.4) is 0 Å². The summed E-state index contributed by atoms with van der Waals surface area (Å²) in [5, 5.41) is 9.51. The number of allylic oxidation sites excluding steroid dienone is 1. The molecule has 0 saturated carbocycles. The van der Waals surface area contributed by atoms with Crippen LogP contribution < -0.4 is 20.2 Å². The molecule has 9 heteroatoms. The van der Waals surface area contributed by atoms with Gasteiger partial charge in [-0.15, -0.1) is 17.9 Å². The van der Waals surface area contributed by atoms with Crippen LogP contribution in [0.15, 0.2) is 71.7 Å². The van der Waals surface area contributed by atoms with Gasteiger partial charge in [-0.2, -0.15) is 5.10 Å². The van der Waals surface area contributed by atoms with E-state index in [2.05, 4.69) is 22.4 Å². The van der Waals surface area contributed by atoms with Gasteiger partial charge in [-0.25, -0.2) is 5.43 Å². The minimum atomic E-state index is -0.717. The van der Waals surface area contributed by atoms with Gasteiger partial charge in [0, 0.05) is 21.0 Å². The van der Waals surface area contributed by atoms with Crippen molar-refractivity contribution in [2.75, 3.05) is 6.61 Å². The molecule has 0 radical (unpaired) electrons. The van der Waals surface area contributed by atoms with Gasteiger partial charge in [-0.1, -0.05) is 55.8 Å². The number of amides is 2. The molecule has 3 aromatic rings. The molecule has 1 heterocycles. The van der Waals surface area contributed by atoms with Crippen LogP contribution in [0.5, 0.6) is 11.5 Å². The molecule has 39 heavy (non-hydrogen) atoms. The molecule has 0 aliphatic rings. The Kier molecular flexibility index (Phi) is 11.6. The standard InChI is InChI=1S/C30H34ClN3O4S/c1-5-10-22-15-21(16-26(37-6-2)29(22)38-19-23-11-7-8-13-25(23)31)18-32-34-30(36)28(20(3)4)33-27(35)17-24-12-9-14-39-24/h5,7-9,11-16,18,20,28H,1,6,10,17,19H2,2-4H3,(H,33,35)(H,34,36). The zero-order chi connectivity index (χ0) is 28.2. The maximum atomic E-state index is 12.8. The van der Waals surface area contributed by atoms with Crippen molar-refractivity contribution in [2.24, 2.45) is 11.0 Å². The SMILES string of the molecule is C=CCc1cc(C=NNC(=O)C(NC(=O)Cc2cccs2)C(C)C)cc(OCC)c1OCc1ccccc1Cl. The number of hydrazone groups is 1. The van der Waals surface area contributed by atoms with Crippen LogP contribution in [-0.4, -0.2) is 30.7 Å². The molecule has 0 bridgehead atoms. The molecule has 0 aliphatic heterocycles. The van der Waals surface area contributed by atoms with E-state index < -0.39 is 11.9 Å². The van der Waals surface area contributed by atoms with Crippen molar-refractivity contribution in [3.05, 3.63) is 93.2 Å². The highest BCUT2D eigenvalue weighted by atomic mass is 35.5. The number of ether oxygens (including phenoxy) is 2. The summed E-state index contributed by atoms with van der Waals surface area (Å²) < 4.78 is 12.0. The second-order valence-corrected chi connectivity index (χ2v) is 10.5. The minimum Gasteiger partial charge on any atom is -0.490 e. The lowest BCUT2D eigenvalue weighted by molar-refractivity contribution is -0.129. The lowest BCUT2D eigenvalue weighted by Gasteiger charge is -2.20. The molecule has 2 N–H and O–H groups in total. The van der Waals surface area contributed by atoms with Gasteiger partial charge in [0.1, 0.15) is 12.6 Å². The van der Waals surface area contributed by atoms with E-state index in [1.807, 2.05) is 68.6 Å². The fraction of sp³-hybridized carbons (Fsp3) is 0.300. The molecule has 1 atom stereocenters. The molecule has 1 aromatic heterocycles. The summed E-state index contributed by atoms with van der Waals surface area (Å²) >= 11 is 7.80. The van der Waals surface area contributed by atoms with E-state index in [1.54, 1.807) is 12.1 Å². The number of nitrogens with one attached hydrogen (secondary N) is 2. The van der Waals surface area contributed by atoms with Gasteiger partial charge in [-0.3, -0.25) is 9.59 Å². The predicted octanol–water partition coefficient (Wildman–Crippen LogP) is 5.94. The highest BCUT2D eigenvalue weighted by molar-refractivity contribution is 7.10. The quantitative estimate of drug-likeness (QED) is 0.143. The first-order valence-electron chi connectivity index (χ1n) is 12.7. The Morgan fingerprint density at radius 2 is 1.92 bits per heavy atom. The Morgan fingerprint density at radius 1 is 1.13 bits per heavy atom. The summed E-state index contributed by atoms with van der Waals surface area (Å²) in [6, 6.07) is 14.3. The van der Waals surface area contributed by atoms with Crippen molar-refractivity contribution in [3.63, 3.8) is 0 Å². The molecular weight excluding hydrogens is 534 g/mol. The van der Waals surface area contributed by atoms with Gasteiger partial charge >= 0.3 is 0 Å². The average molecular weight is 568 g/mol. The van der Waals surface area contributed by atoms with Gasteiger partial charge in [0.25, 0.3) is 5.91 Å². The van der Waals surface area contributed by atoms with E-state index in [9.17, 15) is 9.59 Å². The smallest absolute Gasteiger partial charge is 0.262 e. The van der Waals surface area contributed by atoms with Crippen LogP contribution >= 0.6 is 22.9 Å². The number of hydrogen-bond donors (Lipinski definition) is 2. The van der Waals surface area contributed by atoms with E-state index in [0.29, 0.717) is 35.1 Å². The third-order valence-corrected chi connectivity index (χ3v) is 6.96. The molecule has 2 aromatic carbocycles. The summed E-state index contributed by atoms with van der Waals surface area (Å²) in [7, 11) is 0. The van der Waals surface area contributed by atoms with Crippen LogP contribution in [0.2, 0.25) is 5.02 Å². The number of halogens is 1. The van der Waals surface area contributed by atoms with Gasteiger partial charge in [0.05, 0.1) is 19.2 Å². The first kappa shape index (κ1) is 29.9. The van der Waals surface area contributed by atoms with E-state index in [0.717, 1.165) is 16.0 Å². The highest BCUT2D eigenvalue weighted by Gasteiger charge is 2.24. The van der Waals surface area contributed by atoms with E-state index in [4.69, 9.17) is 21.1 Å². The molecule has 0 saturated heterocycles. The second-order valence-electron chi connectivity index (χ2n) is 9.09. The van der Waals surface area contributed by atoms with Crippen LogP contribution in [0.4, 0.5) is 0 Å². The molecule has 3 rings (SSSR count). The third kappa shape index (κ3) is 8.97. The van der Waals surface area contributed by atoms with Crippen LogP contribution in [0.25, 0.3) is 0 Å². The number of rotatable bonds is 14. The van der Waals surface area contributed by atoms with Gasteiger partial charge in [0.2, 0.25) is 5.91 Å². The van der Waals surface area contributed by atoms with Crippen LogP contribution in [-0.2, 0) is 29.0 Å². The number of carbonyl (C=O) groups excluding carboxylic acids is 2. The van der Waals surface area contributed by atoms with Crippen molar-refractivity contribution in [1.29, 1.82) is 0 Å². The summed E-state index contributed by atoms with van der Waals surface area (Å²) in [5.74, 6) is 0.435. The van der Waals surface area contributed by atoms with Crippen LogP contribution in [0, 0.1) is 5.92 Å². The van der Waals surface area contributed by atoms with Crippen molar-refractivity contribution in [1.82, 2.24) is 10.7 Å². The number of nitrogens with zero attached hydrogens (tertiary/aromatic N) is 1. The van der Waals surface area contributed by atoms with E-state index >= 15 is 0 Å². The number of thiophene rings is 1. The maximum absolute atomic E-state index is 12.8. The average Bonchev–Trinajstić information content (AvgIpc) is 3.41. The van der Waals surface area contributed by atoms with Crippen molar-refractivity contribution in [3.8, 4) is 11.5 Å². The molecular formula is C30H34ClN3O4S. The predicted molar refractivity (Wildman–Crippen MR) is 158 cm³/mol. The Morgan fingerprint density at radius 3 is 2.59 bits per heavy atom. The fourth-order valence-electron chi connectivity index (χ4n) is 3.83. The number of benzene rings is 2. The van der Waals surface area contributed by atoms with Gasteiger partial charge in [-0.05, 0) is 54.5 Å². The second kappa shape index (κ2) is 15.1. The van der Waals surface area contributed by atoms with Crippen LogP contribution in [0.1, 0.15) is 42.3 Å². The Hall–Kier alpha value is -3.62. The lowest BCUT2D eigenvalue weighted by atomic mass is 10.0. The number of carbonyl (C=O) groups is 2. The summed E-state index contributed by atoms with van der Waals surface area (Å²) in [5.41, 5.74) is 4.99. The van der Waals surface area contributed by atoms with Crippen molar-refractivity contribution in [2.45, 2.75) is 46.3 Å². The minimum absolute atomic E-state index is 0.120. The Balaban J connectivity index is 1.73. The third-order valence-electron chi connectivity index (χ3n) is 5.72. The largest absolute Gasteiger partial charge is 0.490 e. The summed E-state index contributed by atoms with van der Waals surface area (Å²) in [6.07, 6.45) is 4.09. The Bertz CT molecular complexity index is 1290. The Labute approximate surface area is 238 Å². The molecule has 0 aliphatic carbocycles. The molecule has 0 spiro atoms. The monoisotopic (exact) mass is 567 g/mol. The van der Waals surface area contributed by atoms with E-state index in [-0.39, 0.29) is 24.9 Å². The summed E-state index contributed by atoms with van der Waals surface area (Å²) in [4.78, 5) is 26.2. The normalized spacial score (nSPS) is 11.8. The van der Waals surface area contributed by atoms with E-state index in [1.165, 1.54) is 17.6 Å². The zero-order valence-corrected chi connectivity index (χ0v) is 24.0. The zero-order valence-electron chi connectivity index (χ0n) is 22.4. The molecule has 206 valence electrons. The fourth-order valence-corrected chi connectivity index (χ4v) is 4.72. The van der Waals surface area contributed by atoms with Crippen molar-refractivity contribution >= 4 is 41.0 Å². The molecule has 2 amide bonds. The maximum Gasteiger partial charge on any atom is 0.262 e. The number of hydrogen-bond acceptors (Lipinski definition) is 6. The first-order chi connectivity index (χ1) is 18.8. The first-order valence-corrected chi connectivity index (χ1v) is 14.0. The summed E-state index contributed by atoms with van der Waals surface area (Å²) in [6.45, 7) is 10.2. The lowest BCUT2D eigenvalue weighted by Crippen LogP contribution is -2.49. The molecule has 7 nitrogen and oxygen atoms in total. The van der Waals surface area contributed by atoms with Gasteiger partial charge in [0.15, 0.2) is 11.5 Å². The van der Waals surface area contributed by atoms with Gasteiger partial charge < -0.3 is 14.8 Å². The topological polar surface area (TPSA) is 89.0 Å². The highest BCUT2D eigenvalue weighted by Crippen LogP contribution is 2.34. The molecule has 1 unspecified atom stereocenters.